The summed E-state index contributed by atoms with van der Waals surface area (Å²) in [6.07, 6.45) is -0.0916. The molecule has 0 aliphatic heterocycles. The molecule has 110 valence electrons. The van der Waals surface area contributed by atoms with Crippen LogP contribution in [0.3, 0.4) is 0 Å². The summed E-state index contributed by atoms with van der Waals surface area (Å²) in [5.41, 5.74) is 0. The molecule has 0 aromatic heterocycles. The average Bonchev–Trinajstić information content (AvgIpc) is 2.37. The van der Waals surface area contributed by atoms with Gasteiger partial charge in [0.25, 0.3) is 5.91 Å². The van der Waals surface area contributed by atoms with Crippen LogP contribution in [0.25, 0.3) is 0 Å². The van der Waals surface area contributed by atoms with Gasteiger partial charge in [-0.1, -0.05) is 23.7 Å². The van der Waals surface area contributed by atoms with Gasteiger partial charge in [-0.05, 0) is 26.0 Å². The van der Waals surface area contributed by atoms with Crippen molar-refractivity contribution in [3.63, 3.8) is 0 Å². The van der Waals surface area contributed by atoms with Crippen LogP contribution >= 0.6 is 11.6 Å². The fourth-order valence-corrected chi connectivity index (χ4v) is 2.07. The summed E-state index contributed by atoms with van der Waals surface area (Å²) in [7, 11) is 0. The number of carboxylic acids is 1. The molecule has 0 aliphatic carbocycles. The molecule has 0 heterocycles. The summed E-state index contributed by atoms with van der Waals surface area (Å²) in [5.74, 6) is -0.763. The monoisotopic (exact) mass is 299 g/mol. The van der Waals surface area contributed by atoms with Crippen molar-refractivity contribution in [3.05, 3.63) is 29.3 Å². The number of nitrogens with zero attached hydrogens (tertiary/aromatic N) is 1. The third-order valence-corrected chi connectivity index (χ3v) is 3.16. The molecule has 0 saturated carbocycles. The predicted molar refractivity (Wildman–Crippen MR) is 76.0 cm³/mol. The first-order valence-corrected chi connectivity index (χ1v) is 6.72. The average molecular weight is 300 g/mol. The van der Waals surface area contributed by atoms with Gasteiger partial charge < -0.3 is 14.7 Å². The quantitative estimate of drug-likeness (QED) is 0.839. The van der Waals surface area contributed by atoms with E-state index >= 15 is 0 Å². The van der Waals surface area contributed by atoms with Crippen molar-refractivity contribution < 1.29 is 19.4 Å². The van der Waals surface area contributed by atoms with Crippen molar-refractivity contribution in [3.8, 4) is 5.75 Å². The Labute approximate surface area is 123 Å². The highest BCUT2D eigenvalue weighted by molar-refractivity contribution is 6.32. The summed E-state index contributed by atoms with van der Waals surface area (Å²) in [5, 5.41) is 9.20. The van der Waals surface area contributed by atoms with Gasteiger partial charge in [-0.15, -0.1) is 0 Å². The van der Waals surface area contributed by atoms with Crippen LogP contribution in [0.2, 0.25) is 5.02 Å². The lowest BCUT2D eigenvalue weighted by atomic mass is 10.2. The van der Waals surface area contributed by atoms with Crippen LogP contribution in [-0.4, -0.2) is 41.1 Å². The van der Waals surface area contributed by atoms with E-state index in [-0.39, 0.29) is 25.0 Å². The minimum atomic E-state index is -0.934. The highest BCUT2D eigenvalue weighted by Crippen LogP contribution is 2.23. The Hall–Kier alpha value is -1.75. The molecule has 0 saturated heterocycles. The Morgan fingerprint density at radius 2 is 2.05 bits per heavy atom. The van der Waals surface area contributed by atoms with Crippen LogP contribution in [0.1, 0.15) is 20.3 Å². The van der Waals surface area contributed by atoms with Crippen molar-refractivity contribution in [2.24, 2.45) is 0 Å². The number of aliphatic carboxylic acids is 1. The zero-order chi connectivity index (χ0) is 15.1. The molecule has 0 fully saturated rings. The summed E-state index contributed by atoms with van der Waals surface area (Å²) >= 11 is 5.92. The first-order valence-electron chi connectivity index (χ1n) is 6.34. The number of amides is 1. The van der Waals surface area contributed by atoms with Gasteiger partial charge >= 0.3 is 5.97 Å². The Balaban J connectivity index is 2.60. The van der Waals surface area contributed by atoms with E-state index in [1.54, 1.807) is 38.1 Å². The Morgan fingerprint density at radius 1 is 1.40 bits per heavy atom. The number of rotatable bonds is 7. The number of likely N-dealkylation sites (N-methyl/N-ethyl adjacent to an activating group) is 1. The van der Waals surface area contributed by atoms with E-state index in [1.807, 2.05) is 0 Å². The van der Waals surface area contributed by atoms with Gasteiger partial charge in [0.05, 0.1) is 11.4 Å². The number of ether oxygens (including phenoxy) is 1. The standard InChI is InChI=1S/C14H18ClNO4/c1-3-16(10(2)8-14(18)19)13(17)9-20-12-7-5-4-6-11(12)15/h4-7,10H,3,8-9H2,1-2H3,(H,18,19). The molecule has 0 radical (unpaired) electrons. The van der Waals surface area contributed by atoms with Gasteiger partial charge in [-0.2, -0.15) is 0 Å². The highest BCUT2D eigenvalue weighted by atomic mass is 35.5. The second-order valence-corrected chi connectivity index (χ2v) is 4.75. The maximum atomic E-state index is 12.0. The zero-order valence-corrected chi connectivity index (χ0v) is 12.3. The topological polar surface area (TPSA) is 66.8 Å². The van der Waals surface area contributed by atoms with Crippen LogP contribution in [-0.2, 0) is 9.59 Å². The SMILES string of the molecule is CCN(C(=O)COc1ccccc1Cl)C(C)CC(=O)O. The number of halogens is 1. The van der Waals surface area contributed by atoms with Crippen molar-refractivity contribution in [2.45, 2.75) is 26.3 Å². The van der Waals surface area contributed by atoms with E-state index in [2.05, 4.69) is 0 Å². The predicted octanol–water partition coefficient (Wildman–Crippen LogP) is 2.43. The number of carboxylic acid groups (broad SMARTS) is 1. The molecule has 1 N–H and O–H groups in total. The molecule has 0 aliphatic rings. The molecule has 1 aromatic rings. The maximum Gasteiger partial charge on any atom is 0.305 e. The van der Waals surface area contributed by atoms with Crippen molar-refractivity contribution in [1.29, 1.82) is 0 Å². The van der Waals surface area contributed by atoms with Crippen LogP contribution in [0.4, 0.5) is 0 Å². The lowest BCUT2D eigenvalue weighted by molar-refractivity contribution is -0.141. The van der Waals surface area contributed by atoms with Crippen molar-refractivity contribution in [2.75, 3.05) is 13.2 Å². The summed E-state index contributed by atoms with van der Waals surface area (Å²) in [4.78, 5) is 24.2. The maximum absolute atomic E-state index is 12.0. The summed E-state index contributed by atoms with van der Waals surface area (Å²) in [6.45, 7) is 3.76. The molecule has 0 bridgehead atoms. The number of carbonyl (C=O) groups is 2. The first kappa shape index (κ1) is 16.3. The summed E-state index contributed by atoms with van der Waals surface area (Å²) < 4.78 is 5.37. The number of carbonyl (C=O) groups excluding carboxylic acids is 1. The minimum absolute atomic E-state index is 0.0916. The molecular weight excluding hydrogens is 282 g/mol. The lowest BCUT2D eigenvalue weighted by Crippen LogP contribution is -2.42. The number of benzene rings is 1. The Bertz CT molecular complexity index is 478. The molecule has 1 rings (SSSR count). The van der Waals surface area contributed by atoms with Gasteiger partial charge in [0.15, 0.2) is 6.61 Å². The molecule has 1 unspecified atom stereocenters. The molecule has 20 heavy (non-hydrogen) atoms. The molecule has 0 spiro atoms. The van der Waals surface area contributed by atoms with E-state index in [1.165, 1.54) is 4.90 Å². The van der Waals surface area contributed by atoms with Crippen LogP contribution in [0.5, 0.6) is 5.75 Å². The minimum Gasteiger partial charge on any atom is -0.482 e. The fraction of sp³-hybridized carbons (Fsp3) is 0.429. The Morgan fingerprint density at radius 3 is 2.60 bits per heavy atom. The normalized spacial score (nSPS) is 11.8. The van der Waals surface area contributed by atoms with Crippen molar-refractivity contribution >= 4 is 23.5 Å². The second-order valence-electron chi connectivity index (χ2n) is 4.35. The van der Waals surface area contributed by atoms with E-state index in [0.29, 0.717) is 17.3 Å². The molecule has 1 atom stereocenters. The van der Waals surface area contributed by atoms with Gasteiger partial charge in [-0.25, -0.2) is 0 Å². The largest absolute Gasteiger partial charge is 0.482 e. The van der Waals surface area contributed by atoms with E-state index in [9.17, 15) is 9.59 Å². The van der Waals surface area contributed by atoms with E-state index < -0.39 is 5.97 Å². The van der Waals surface area contributed by atoms with Gasteiger partial charge in [-0.3, -0.25) is 9.59 Å². The van der Waals surface area contributed by atoms with Crippen LogP contribution in [0.15, 0.2) is 24.3 Å². The smallest absolute Gasteiger partial charge is 0.305 e. The molecular formula is C14H18ClNO4. The number of hydrogen-bond donors (Lipinski definition) is 1. The molecule has 1 amide bonds. The molecule has 1 aromatic carbocycles. The highest BCUT2D eigenvalue weighted by Gasteiger charge is 2.21. The summed E-state index contributed by atoms with van der Waals surface area (Å²) in [6, 6.07) is 6.50. The van der Waals surface area contributed by atoms with Crippen molar-refractivity contribution in [1.82, 2.24) is 4.90 Å². The zero-order valence-electron chi connectivity index (χ0n) is 11.5. The molecule has 5 nitrogen and oxygen atoms in total. The van der Waals surface area contributed by atoms with E-state index in [4.69, 9.17) is 21.4 Å². The Kier molecular flexibility index (Phi) is 6.31. The first-order chi connectivity index (χ1) is 9.45. The van der Waals surface area contributed by atoms with Crippen LogP contribution in [0, 0.1) is 0 Å². The molecule has 6 heteroatoms. The second kappa shape index (κ2) is 7.75. The third kappa shape index (κ3) is 4.74. The van der Waals surface area contributed by atoms with Gasteiger partial charge in [0.1, 0.15) is 5.75 Å². The van der Waals surface area contributed by atoms with E-state index in [0.717, 1.165) is 0 Å². The number of hydrogen-bond acceptors (Lipinski definition) is 3. The lowest BCUT2D eigenvalue weighted by Gasteiger charge is -2.27. The fourth-order valence-electron chi connectivity index (χ4n) is 1.88. The van der Waals surface area contributed by atoms with Gasteiger partial charge in [0, 0.05) is 12.6 Å². The third-order valence-electron chi connectivity index (χ3n) is 2.85. The number of para-hydroxylation sites is 1. The van der Waals surface area contributed by atoms with Crippen LogP contribution < -0.4 is 4.74 Å². The van der Waals surface area contributed by atoms with Gasteiger partial charge in [0.2, 0.25) is 0 Å².